The minimum atomic E-state index is -0.594. The number of likely N-dealkylation sites (tertiary alicyclic amines) is 1. The van der Waals surface area contributed by atoms with E-state index >= 15 is 0 Å². The summed E-state index contributed by atoms with van der Waals surface area (Å²) in [5.74, 6) is -0.496. The summed E-state index contributed by atoms with van der Waals surface area (Å²) in [5, 5.41) is 12.0. The molecule has 0 unspecified atom stereocenters. The van der Waals surface area contributed by atoms with Crippen LogP contribution in [0.15, 0.2) is 0 Å². The summed E-state index contributed by atoms with van der Waals surface area (Å²) in [6, 6.07) is 1.81. The highest BCUT2D eigenvalue weighted by Crippen LogP contribution is 2.20. The summed E-state index contributed by atoms with van der Waals surface area (Å²) in [5.41, 5.74) is -1.17. The van der Waals surface area contributed by atoms with Crippen molar-refractivity contribution in [3.8, 4) is 6.07 Å². The van der Waals surface area contributed by atoms with Gasteiger partial charge < -0.3 is 19.7 Å². The van der Waals surface area contributed by atoms with Gasteiger partial charge >= 0.3 is 12.2 Å². The van der Waals surface area contributed by atoms with Gasteiger partial charge in [0.2, 0.25) is 0 Å². The Bertz CT molecular complexity index is 485. The number of nitriles is 1. The van der Waals surface area contributed by atoms with Gasteiger partial charge in [-0.15, -0.1) is 0 Å². The van der Waals surface area contributed by atoms with Crippen LogP contribution in [0.5, 0.6) is 0 Å². The van der Waals surface area contributed by atoms with E-state index in [1.807, 2.05) is 0 Å². The Hall–Kier alpha value is -1.97. The van der Waals surface area contributed by atoms with Crippen molar-refractivity contribution in [1.29, 1.82) is 5.26 Å². The Morgan fingerprint density at radius 2 is 1.70 bits per heavy atom. The Morgan fingerprint density at radius 3 is 2.17 bits per heavy atom. The molecule has 0 aliphatic carbocycles. The zero-order valence-corrected chi connectivity index (χ0v) is 14.8. The number of alkyl carbamates (subject to hydrolysis) is 1. The Kier molecular flexibility index (Phi) is 5.86. The molecule has 1 heterocycles. The highest BCUT2D eigenvalue weighted by molar-refractivity contribution is 5.69. The van der Waals surface area contributed by atoms with Crippen LogP contribution in [-0.2, 0) is 9.47 Å². The predicted molar refractivity (Wildman–Crippen MR) is 84.7 cm³/mol. The summed E-state index contributed by atoms with van der Waals surface area (Å²) in [6.07, 6.45) is -0.501. The van der Waals surface area contributed by atoms with Crippen LogP contribution in [0, 0.1) is 17.2 Å². The number of hydrogen-bond acceptors (Lipinski definition) is 5. The van der Waals surface area contributed by atoms with E-state index < -0.39 is 29.3 Å². The van der Waals surface area contributed by atoms with E-state index in [1.54, 1.807) is 41.5 Å². The maximum atomic E-state index is 12.1. The maximum absolute atomic E-state index is 12.1. The number of carbonyl (C=O) groups excluding carboxylic acids is 2. The molecule has 1 aliphatic rings. The minimum Gasteiger partial charge on any atom is -0.444 e. The minimum absolute atomic E-state index is 0.228. The fourth-order valence-electron chi connectivity index (χ4n) is 2.21. The van der Waals surface area contributed by atoms with Crippen molar-refractivity contribution in [1.82, 2.24) is 10.2 Å². The molecule has 0 bridgehead atoms. The molecule has 2 atom stereocenters. The second-order valence-corrected chi connectivity index (χ2v) is 7.70. The van der Waals surface area contributed by atoms with Crippen LogP contribution in [0.1, 0.15) is 48.0 Å². The molecule has 0 spiro atoms. The lowest BCUT2D eigenvalue weighted by Crippen LogP contribution is -2.53. The van der Waals surface area contributed by atoms with Crippen LogP contribution in [0.25, 0.3) is 0 Å². The zero-order chi connectivity index (χ0) is 17.8. The lowest BCUT2D eigenvalue weighted by Gasteiger charge is -2.36. The normalized spacial score (nSPS) is 22.0. The number of nitrogens with zero attached hydrogens (tertiary/aromatic N) is 2. The molecule has 130 valence electrons. The van der Waals surface area contributed by atoms with Gasteiger partial charge in [-0.1, -0.05) is 0 Å². The van der Waals surface area contributed by atoms with E-state index in [2.05, 4.69) is 11.4 Å². The second kappa shape index (κ2) is 7.07. The maximum Gasteiger partial charge on any atom is 0.410 e. The first-order valence-corrected chi connectivity index (χ1v) is 7.78. The first-order valence-electron chi connectivity index (χ1n) is 7.78. The van der Waals surface area contributed by atoms with Gasteiger partial charge in [0.25, 0.3) is 0 Å². The highest BCUT2D eigenvalue weighted by atomic mass is 16.6. The molecular formula is C16H27N3O4. The van der Waals surface area contributed by atoms with E-state index in [0.717, 1.165) is 0 Å². The van der Waals surface area contributed by atoms with Crippen molar-refractivity contribution in [3.05, 3.63) is 0 Å². The number of carbonyl (C=O) groups is 2. The highest BCUT2D eigenvalue weighted by Gasteiger charge is 2.35. The average Bonchev–Trinajstić information content (AvgIpc) is 2.34. The Balaban J connectivity index is 2.61. The molecule has 1 aliphatic heterocycles. The van der Waals surface area contributed by atoms with Crippen molar-refractivity contribution in [2.24, 2.45) is 5.92 Å². The summed E-state index contributed by atoms with van der Waals surface area (Å²) in [6.45, 7) is 11.4. The SMILES string of the molecule is CC(C)(C)OC(=O)N[C@@H]1CCN(C(=O)OC(C)(C)C)C[C@H]1C#N. The fraction of sp³-hybridized carbons (Fsp3) is 0.812. The van der Waals surface area contributed by atoms with Gasteiger partial charge in [-0.3, -0.25) is 0 Å². The molecule has 7 heteroatoms. The molecule has 1 rings (SSSR count). The predicted octanol–water partition coefficient (Wildman–Crippen LogP) is 2.66. The first-order chi connectivity index (χ1) is 10.4. The number of hydrogen-bond donors (Lipinski definition) is 1. The van der Waals surface area contributed by atoms with Crippen molar-refractivity contribution >= 4 is 12.2 Å². The van der Waals surface area contributed by atoms with Gasteiger partial charge in [0.05, 0.1) is 18.0 Å². The molecule has 1 N–H and O–H groups in total. The van der Waals surface area contributed by atoms with Crippen molar-refractivity contribution < 1.29 is 19.1 Å². The van der Waals surface area contributed by atoms with Gasteiger partial charge in [0, 0.05) is 13.1 Å². The van der Waals surface area contributed by atoms with Gasteiger partial charge in [0.15, 0.2) is 0 Å². The van der Waals surface area contributed by atoms with Crippen LogP contribution in [0.3, 0.4) is 0 Å². The standard InChI is InChI=1S/C16H27N3O4/c1-15(2,3)22-13(20)18-12-7-8-19(10-11(12)9-17)14(21)23-16(4,5)6/h11-12H,7-8,10H2,1-6H3,(H,18,20)/t11-,12-/m1/s1. The number of rotatable bonds is 1. The van der Waals surface area contributed by atoms with Crippen LogP contribution in [0.4, 0.5) is 9.59 Å². The van der Waals surface area contributed by atoms with Crippen molar-refractivity contribution in [3.63, 3.8) is 0 Å². The molecule has 1 saturated heterocycles. The van der Waals surface area contributed by atoms with Crippen molar-refractivity contribution in [2.75, 3.05) is 13.1 Å². The van der Waals surface area contributed by atoms with Gasteiger partial charge in [-0.25, -0.2) is 9.59 Å². The van der Waals surface area contributed by atoms with Gasteiger partial charge in [0.1, 0.15) is 11.2 Å². The molecule has 0 aromatic carbocycles. The van der Waals surface area contributed by atoms with E-state index in [-0.39, 0.29) is 12.6 Å². The third kappa shape index (κ3) is 6.76. The smallest absolute Gasteiger partial charge is 0.410 e. The number of amides is 2. The summed E-state index contributed by atoms with van der Waals surface area (Å²) in [4.78, 5) is 25.4. The van der Waals surface area contributed by atoms with E-state index in [9.17, 15) is 14.9 Å². The average molecular weight is 325 g/mol. The summed E-state index contributed by atoms with van der Waals surface area (Å²) < 4.78 is 10.5. The lowest BCUT2D eigenvalue weighted by molar-refractivity contribution is 0.0151. The molecule has 0 aromatic heterocycles. The third-order valence-electron chi connectivity index (χ3n) is 3.13. The number of nitrogens with one attached hydrogen (secondary N) is 1. The van der Waals surface area contributed by atoms with E-state index in [0.29, 0.717) is 13.0 Å². The molecule has 0 radical (unpaired) electrons. The van der Waals surface area contributed by atoms with E-state index in [1.165, 1.54) is 4.90 Å². The molecule has 0 aromatic rings. The quantitative estimate of drug-likeness (QED) is 0.800. The Labute approximate surface area is 137 Å². The van der Waals surface area contributed by atoms with Crippen molar-refractivity contribution in [2.45, 2.75) is 65.2 Å². The zero-order valence-electron chi connectivity index (χ0n) is 14.8. The Morgan fingerprint density at radius 1 is 1.13 bits per heavy atom. The molecule has 2 amide bonds. The fourth-order valence-corrected chi connectivity index (χ4v) is 2.21. The molecule has 23 heavy (non-hydrogen) atoms. The lowest BCUT2D eigenvalue weighted by atomic mass is 9.94. The first kappa shape index (κ1) is 19.1. The monoisotopic (exact) mass is 325 g/mol. The van der Waals surface area contributed by atoms with E-state index in [4.69, 9.17) is 9.47 Å². The number of piperidine rings is 1. The topological polar surface area (TPSA) is 91.7 Å². The largest absolute Gasteiger partial charge is 0.444 e. The second-order valence-electron chi connectivity index (χ2n) is 7.70. The van der Waals surface area contributed by atoms with Crippen LogP contribution < -0.4 is 5.32 Å². The van der Waals surface area contributed by atoms with Crippen LogP contribution >= 0.6 is 0 Å². The van der Waals surface area contributed by atoms with Gasteiger partial charge in [-0.05, 0) is 48.0 Å². The summed E-state index contributed by atoms with van der Waals surface area (Å²) in [7, 11) is 0. The summed E-state index contributed by atoms with van der Waals surface area (Å²) >= 11 is 0. The van der Waals surface area contributed by atoms with Crippen LogP contribution in [0.2, 0.25) is 0 Å². The van der Waals surface area contributed by atoms with Gasteiger partial charge in [-0.2, -0.15) is 5.26 Å². The molecular weight excluding hydrogens is 298 g/mol. The number of ether oxygens (including phenoxy) is 2. The van der Waals surface area contributed by atoms with Crippen LogP contribution in [-0.4, -0.2) is 47.4 Å². The molecule has 0 saturated carbocycles. The third-order valence-corrected chi connectivity index (χ3v) is 3.13. The molecule has 7 nitrogen and oxygen atoms in total. The molecule has 1 fully saturated rings.